The molecule has 5 rings (SSSR count). The molecule has 0 radical (unpaired) electrons. The van der Waals surface area contributed by atoms with Crippen molar-refractivity contribution in [3.63, 3.8) is 0 Å². The summed E-state index contributed by atoms with van der Waals surface area (Å²) in [5.74, 6) is 1.69. The Kier molecular flexibility index (Phi) is 6.34. The van der Waals surface area contributed by atoms with Crippen LogP contribution in [0.4, 0.5) is 11.5 Å². The van der Waals surface area contributed by atoms with E-state index in [2.05, 4.69) is 76.3 Å². The molecule has 168 valence electrons. The SMILES string of the molecule is COc1ccccc1CNc1cc(-c2ccccc2)c2cc(NCc3cccnc3)ccc2n1. The quantitative estimate of drug-likeness (QED) is 0.284. The standard InChI is InChI=1S/C29H26N4O/c1-34-28-12-6-5-11-23(28)20-32-29-17-25(22-9-3-2-4-10-22)26-16-24(13-14-27(26)33-29)31-19-21-8-7-15-30-18-21/h2-18,31H,19-20H2,1H3,(H,32,33). The molecule has 0 unspecified atom stereocenters. The Morgan fingerprint density at radius 2 is 1.65 bits per heavy atom. The number of rotatable bonds is 8. The highest BCUT2D eigenvalue weighted by Gasteiger charge is 2.10. The van der Waals surface area contributed by atoms with Crippen molar-refractivity contribution in [1.82, 2.24) is 9.97 Å². The normalized spacial score (nSPS) is 10.7. The Morgan fingerprint density at radius 1 is 0.794 bits per heavy atom. The van der Waals surface area contributed by atoms with Crippen molar-refractivity contribution in [3.05, 3.63) is 115 Å². The first-order chi connectivity index (χ1) is 16.8. The molecule has 0 atom stereocenters. The van der Waals surface area contributed by atoms with Gasteiger partial charge in [0.25, 0.3) is 0 Å². The van der Waals surface area contributed by atoms with Gasteiger partial charge in [0.15, 0.2) is 0 Å². The maximum absolute atomic E-state index is 5.49. The van der Waals surface area contributed by atoms with Gasteiger partial charge in [0.2, 0.25) is 0 Å². The molecule has 5 nitrogen and oxygen atoms in total. The Balaban J connectivity index is 1.47. The molecule has 0 spiro atoms. The fourth-order valence-corrected chi connectivity index (χ4v) is 4.02. The minimum absolute atomic E-state index is 0.626. The largest absolute Gasteiger partial charge is 0.496 e. The van der Waals surface area contributed by atoms with Crippen LogP contribution in [0, 0.1) is 0 Å². The molecular weight excluding hydrogens is 420 g/mol. The molecule has 5 aromatic rings. The van der Waals surface area contributed by atoms with E-state index in [-0.39, 0.29) is 0 Å². The maximum atomic E-state index is 5.49. The lowest BCUT2D eigenvalue weighted by molar-refractivity contribution is 0.410. The van der Waals surface area contributed by atoms with Gasteiger partial charge >= 0.3 is 0 Å². The third-order valence-electron chi connectivity index (χ3n) is 5.77. The highest BCUT2D eigenvalue weighted by molar-refractivity contribution is 5.97. The van der Waals surface area contributed by atoms with Crippen molar-refractivity contribution in [1.29, 1.82) is 0 Å². The monoisotopic (exact) mass is 446 g/mol. The average Bonchev–Trinajstić information content (AvgIpc) is 2.91. The summed E-state index contributed by atoms with van der Waals surface area (Å²) in [6.07, 6.45) is 3.67. The van der Waals surface area contributed by atoms with Gasteiger partial charge in [-0.1, -0.05) is 54.6 Å². The van der Waals surface area contributed by atoms with Gasteiger partial charge in [0.05, 0.1) is 12.6 Å². The van der Waals surface area contributed by atoms with E-state index in [1.165, 1.54) is 0 Å². The van der Waals surface area contributed by atoms with Crippen LogP contribution in [0.5, 0.6) is 5.75 Å². The third-order valence-corrected chi connectivity index (χ3v) is 5.77. The minimum Gasteiger partial charge on any atom is -0.496 e. The van der Waals surface area contributed by atoms with E-state index in [1.807, 2.05) is 36.5 Å². The number of aromatic nitrogens is 2. The van der Waals surface area contributed by atoms with Crippen molar-refractivity contribution >= 4 is 22.4 Å². The first-order valence-corrected chi connectivity index (χ1v) is 11.3. The first kappa shape index (κ1) is 21.5. The number of methoxy groups -OCH3 is 1. The van der Waals surface area contributed by atoms with E-state index < -0.39 is 0 Å². The minimum atomic E-state index is 0.626. The number of fused-ring (bicyclic) bond motifs is 1. The molecular formula is C29H26N4O. The zero-order valence-corrected chi connectivity index (χ0v) is 19.0. The van der Waals surface area contributed by atoms with E-state index in [0.29, 0.717) is 13.1 Å². The lowest BCUT2D eigenvalue weighted by atomic mass is 10.0. The number of nitrogens with one attached hydrogen (secondary N) is 2. The van der Waals surface area contributed by atoms with Crippen molar-refractivity contribution in [2.45, 2.75) is 13.1 Å². The molecule has 5 heteroatoms. The summed E-state index contributed by atoms with van der Waals surface area (Å²) in [7, 11) is 1.69. The van der Waals surface area contributed by atoms with Crippen LogP contribution >= 0.6 is 0 Å². The van der Waals surface area contributed by atoms with Crippen molar-refractivity contribution in [2.75, 3.05) is 17.7 Å². The number of hydrogen-bond acceptors (Lipinski definition) is 5. The third kappa shape index (κ3) is 4.84. The van der Waals surface area contributed by atoms with E-state index in [9.17, 15) is 0 Å². The van der Waals surface area contributed by atoms with E-state index in [4.69, 9.17) is 9.72 Å². The van der Waals surface area contributed by atoms with E-state index in [0.717, 1.165) is 50.4 Å². The molecule has 2 N–H and O–H groups in total. The molecule has 0 aliphatic rings. The maximum Gasteiger partial charge on any atom is 0.127 e. The van der Waals surface area contributed by atoms with Crippen LogP contribution in [0.15, 0.2) is 103 Å². The van der Waals surface area contributed by atoms with Crippen LogP contribution in [0.25, 0.3) is 22.0 Å². The molecule has 0 saturated heterocycles. The Morgan fingerprint density at radius 3 is 2.47 bits per heavy atom. The molecule has 2 aromatic heterocycles. The average molecular weight is 447 g/mol. The van der Waals surface area contributed by atoms with Crippen LogP contribution in [0.1, 0.15) is 11.1 Å². The van der Waals surface area contributed by atoms with Crippen LogP contribution in [0.3, 0.4) is 0 Å². The molecule has 2 heterocycles. The van der Waals surface area contributed by atoms with Gasteiger partial charge in [-0.25, -0.2) is 4.98 Å². The zero-order valence-electron chi connectivity index (χ0n) is 19.0. The number of pyridine rings is 2. The fourth-order valence-electron chi connectivity index (χ4n) is 4.02. The summed E-state index contributed by atoms with van der Waals surface area (Å²) in [6.45, 7) is 1.34. The summed E-state index contributed by atoms with van der Waals surface area (Å²) in [5, 5.41) is 8.10. The fraction of sp³-hybridized carbons (Fsp3) is 0.103. The van der Waals surface area contributed by atoms with Crippen LogP contribution in [-0.4, -0.2) is 17.1 Å². The second-order valence-corrected chi connectivity index (χ2v) is 8.03. The second-order valence-electron chi connectivity index (χ2n) is 8.03. The lowest BCUT2D eigenvalue weighted by Crippen LogP contribution is -2.04. The lowest BCUT2D eigenvalue weighted by Gasteiger charge is -2.14. The van der Waals surface area contributed by atoms with Crippen molar-refractivity contribution in [3.8, 4) is 16.9 Å². The molecule has 34 heavy (non-hydrogen) atoms. The molecule has 0 bridgehead atoms. The topological polar surface area (TPSA) is 59.1 Å². The Bertz CT molecular complexity index is 1390. The van der Waals surface area contributed by atoms with Crippen LogP contribution < -0.4 is 15.4 Å². The Hall–Kier alpha value is -4.38. The summed E-state index contributed by atoms with van der Waals surface area (Å²) in [4.78, 5) is 9.10. The van der Waals surface area contributed by atoms with Gasteiger partial charge in [-0.05, 0) is 53.1 Å². The molecule has 0 aliphatic carbocycles. The van der Waals surface area contributed by atoms with E-state index in [1.54, 1.807) is 13.3 Å². The van der Waals surface area contributed by atoms with Crippen LogP contribution in [0.2, 0.25) is 0 Å². The zero-order chi connectivity index (χ0) is 23.2. The predicted molar refractivity (Wildman–Crippen MR) is 139 cm³/mol. The van der Waals surface area contributed by atoms with Crippen LogP contribution in [-0.2, 0) is 13.1 Å². The van der Waals surface area contributed by atoms with Gasteiger partial charge in [-0.15, -0.1) is 0 Å². The molecule has 0 aliphatic heterocycles. The second kappa shape index (κ2) is 10.0. The number of para-hydroxylation sites is 1. The smallest absolute Gasteiger partial charge is 0.127 e. The Labute approximate surface area is 199 Å². The molecule has 0 fully saturated rings. The molecule has 0 amide bonds. The summed E-state index contributed by atoms with van der Waals surface area (Å²) < 4.78 is 5.49. The number of hydrogen-bond donors (Lipinski definition) is 2. The van der Waals surface area contributed by atoms with Gasteiger partial charge < -0.3 is 15.4 Å². The number of nitrogens with zero attached hydrogens (tertiary/aromatic N) is 2. The van der Waals surface area contributed by atoms with Gasteiger partial charge in [-0.3, -0.25) is 4.98 Å². The van der Waals surface area contributed by atoms with Gasteiger partial charge in [0.1, 0.15) is 11.6 Å². The van der Waals surface area contributed by atoms with E-state index >= 15 is 0 Å². The number of ether oxygens (including phenoxy) is 1. The summed E-state index contributed by atoms with van der Waals surface area (Å²) in [5.41, 5.74) is 6.50. The summed E-state index contributed by atoms with van der Waals surface area (Å²) >= 11 is 0. The van der Waals surface area contributed by atoms with Gasteiger partial charge in [-0.2, -0.15) is 0 Å². The van der Waals surface area contributed by atoms with Gasteiger partial charge in [0, 0.05) is 42.1 Å². The predicted octanol–water partition coefficient (Wildman–Crippen LogP) is 6.53. The number of benzene rings is 3. The first-order valence-electron chi connectivity index (χ1n) is 11.3. The highest BCUT2D eigenvalue weighted by Crippen LogP contribution is 2.32. The molecule has 3 aromatic carbocycles. The summed E-state index contributed by atoms with van der Waals surface area (Å²) in [6, 6.07) is 30.9. The highest BCUT2D eigenvalue weighted by atomic mass is 16.5. The van der Waals surface area contributed by atoms with Crippen molar-refractivity contribution in [2.24, 2.45) is 0 Å². The molecule has 0 saturated carbocycles. The number of anilines is 2. The van der Waals surface area contributed by atoms with Crippen molar-refractivity contribution < 1.29 is 4.74 Å².